The van der Waals surface area contributed by atoms with Crippen LogP contribution in [0.15, 0.2) is 63.7 Å². The van der Waals surface area contributed by atoms with Crippen molar-refractivity contribution in [2.24, 2.45) is 0 Å². The second kappa shape index (κ2) is 8.54. The second-order valence-corrected chi connectivity index (χ2v) is 8.51. The predicted molar refractivity (Wildman–Crippen MR) is 122 cm³/mol. The lowest BCUT2D eigenvalue weighted by Crippen LogP contribution is -2.21. The number of imidazole rings is 1. The lowest BCUT2D eigenvalue weighted by Gasteiger charge is -2.15. The number of furan rings is 2. The zero-order valence-corrected chi connectivity index (χ0v) is 18.4. The predicted octanol–water partition coefficient (Wildman–Crippen LogP) is 6.07. The Kier molecular flexibility index (Phi) is 5.43. The SMILES string of the molecule is Cc1ccc(-c2ncn(C3CCCC3)c2-c2ccc(C(=O)NCc3ccc(C)o3)o2)cc1. The maximum absolute atomic E-state index is 12.7. The Morgan fingerprint density at radius 3 is 2.53 bits per heavy atom. The molecule has 1 saturated carbocycles. The monoisotopic (exact) mass is 429 g/mol. The summed E-state index contributed by atoms with van der Waals surface area (Å²) < 4.78 is 13.8. The van der Waals surface area contributed by atoms with E-state index in [1.807, 2.05) is 31.5 Å². The maximum atomic E-state index is 12.7. The lowest BCUT2D eigenvalue weighted by molar-refractivity contribution is 0.0921. The molecule has 0 radical (unpaired) electrons. The Balaban J connectivity index is 1.45. The molecule has 0 bridgehead atoms. The summed E-state index contributed by atoms with van der Waals surface area (Å²) in [6.07, 6.45) is 6.63. The van der Waals surface area contributed by atoms with Gasteiger partial charge in [-0.15, -0.1) is 0 Å². The highest BCUT2D eigenvalue weighted by Gasteiger charge is 2.25. The Hall–Kier alpha value is -3.54. The van der Waals surface area contributed by atoms with Crippen molar-refractivity contribution in [1.29, 1.82) is 0 Å². The molecular formula is C26H27N3O3. The minimum Gasteiger partial charge on any atom is -0.465 e. The number of aryl methyl sites for hydroxylation is 2. The number of amides is 1. The van der Waals surface area contributed by atoms with E-state index in [9.17, 15) is 4.79 Å². The highest BCUT2D eigenvalue weighted by Crippen LogP contribution is 2.39. The Morgan fingerprint density at radius 1 is 1.03 bits per heavy atom. The molecule has 3 heterocycles. The van der Waals surface area contributed by atoms with E-state index in [0.717, 1.165) is 35.6 Å². The summed E-state index contributed by atoms with van der Waals surface area (Å²) in [5.74, 6) is 2.19. The Morgan fingerprint density at radius 2 is 1.81 bits per heavy atom. The van der Waals surface area contributed by atoms with Gasteiger partial charge in [0.05, 0.1) is 18.6 Å². The van der Waals surface area contributed by atoms with E-state index in [2.05, 4.69) is 41.1 Å². The summed E-state index contributed by atoms with van der Waals surface area (Å²) in [5.41, 5.74) is 4.05. The molecule has 1 fully saturated rings. The van der Waals surface area contributed by atoms with Gasteiger partial charge in [-0.2, -0.15) is 0 Å². The van der Waals surface area contributed by atoms with Crippen LogP contribution in [-0.2, 0) is 6.54 Å². The van der Waals surface area contributed by atoms with Gasteiger partial charge in [0.15, 0.2) is 11.5 Å². The molecule has 0 aliphatic heterocycles. The molecular weight excluding hydrogens is 402 g/mol. The van der Waals surface area contributed by atoms with Crippen molar-refractivity contribution in [3.63, 3.8) is 0 Å². The third kappa shape index (κ3) is 4.00. The topological polar surface area (TPSA) is 73.2 Å². The van der Waals surface area contributed by atoms with Crippen LogP contribution in [0.5, 0.6) is 0 Å². The zero-order chi connectivity index (χ0) is 22.1. The van der Waals surface area contributed by atoms with Gasteiger partial charge in [-0.3, -0.25) is 4.79 Å². The third-order valence-electron chi connectivity index (χ3n) is 6.12. The Bertz CT molecular complexity index is 1220. The van der Waals surface area contributed by atoms with Crippen molar-refractivity contribution in [2.45, 2.75) is 52.1 Å². The number of hydrogen-bond donors (Lipinski definition) is 1. The van der Waals surface area contributed by atoms with Crippen molar-refractivity contribution in [3.8, 4) is 22.7 Å². The number of nitrogens with zero attached hydrogens (tertiary/aromatic N) is 2. The van der Waals surface area contributed by atoms with Gasteiger partial charge in [0.1, 0.15) is 17.2 Å². The average molecular weight is 430 g/mol. The van der Waals surface area contributed by atoms with Gasteiger partial charge in [-0.25, -0.2) is 4.98 Å². The summed E-state index contributed by atoms with van der Waals surface area (Å²) in [7, 11) is 0. The van der Waals surface area contributed by atoms with E-state index in [-0.39, 0.29) is 11.7 Å². The largest absolute Gasteiger partial charge is 0.465 e. The van der Waals surface area contributed by atoms with Crippen LogP contribution >= 0.6 is 0 Å². The first kappa shape index (κ1) is 20.4. The van der Waals surface area contributed by atoms with Crippen LogP contribution < -0.4 is 5.32 Å². The van der Waals surface area contributed by atoms with Crippen LogP contribution in [-0.4, -0.2) is 15.5 Å². The maximum Gasteiger partial charge on any atom is 0.287 e. The minimum atomic E-state index is -0.269. The number of rotatable bonds is 6. The van der Waals surface area contributed by atoms with Crippen LogP contribution in [0.1, 0.15) is 59.4 Å². The van der Waals surface area contributed by atoms with E-state index in [1.165, 1.54) is 18.4 Å². The number of carbonyl (C=O) groups is 1. The quantitative estimate of drug-likeness (QED) is 0.404. The van der Waals surface area contributed by atoms with Gasteiger partial charge >= 0.3 is 0 Å². The molecule has 0 saturated heterocycles. The number of benzene rings is 1. The molecule has 3 aromatic heterocycles. The summed E-state index contributed by atoms with van der Waals surface area (Å²) in [6, 6.07) is 16.1. The normalized spacial score (nSPS) is 14.2. The van der Waals surface area contributed by atoms with Crippen LogP contribution in [0.4, 0.5) is 0 Å². The molecule has 0 unspecified atom stereocenters. The van der Waals surface area contributed by atoms with Crippen LogP contribution in [0, 0.1) is 13.8 Å². The van der Waals surface area contributed by atoms with Gasteiger partial charge < -0.3 is 18.7 Å². The fourth-order valence-electron chi connectivity index (χ4n) is 4.41. The summed E-state index contributed by atoms with van der Waals surface area (Å²) in [6.45, 7) is 4.27. The van der Waals surface area contributed by atoms with E-state index in [0.29, 0.717) is 24.1 Å². The standard InChI is InChI=1S/C26H27N3O3/c1-17-7-10-19(11-8-17)24-25(29(16-28-24)20-5-3-4-6-20)22-13-14-23(32-22)26(30)27-15-21-12-9-18(2)31-21/h7-14,16,20H,3-6,15H2,1-2H3,(H,27,30). The van der Waals surface area contributed by atoms with Gasteiger partial charge in [-0.05, 0) is 51.0 Å². The minimum absolute atomic E-state index is 0.269. The Labute approximate surface area is 187 Å². The second-order valence-electron chi connectivity index (χ2n) is 8.51. The van der Waals surface area contributed by atoms with Crippen LogP contribution in [0.3, 0.4) is 0 Å². The van der Waals surface area contributed by atoms with E-state index >= 15 is 0 Å². The first-order valence-electron chi connectivity index (χ1n) is 11.2. The lowest BCUT2D eigenvalue weighted by atomic mass is 10.1. The van der Waals surface area contributed by atoms with E-state index in [1.54, 1.807) is 6.07 Å². The smallest absolute Gasteiger partial charge is 0.287 e. The number of hydrogen-bond acceptors (Lipinski definition) is 4. The summed E-state index contributed by atoms with van der Waals surface area (Å²) >= 11 is 0. The molecule has 0 spiro atoms. The van der Waals surface area contributed by atoms with E-state index in [4.69, 9.17) is 13.8 Å². The molecule has 6 heteroatoms. The molecule has 164 valence electrons. The van der Waals surface area contributed by atoms with Gasteiger partial charge in [0.25, 0.3) is 5.91 Å². The summed E-state index contributed by atoms with van der Waals surface area (Å²) in [4.78, 5) is 17.4. The number of aromatic nitrogens is 2. The third-order valence-corrected chi connectivity index (χ3v) is 6.12. The highest BCUT2D eigenvalue weighted by molar-refractivity contribution is 5.92. The fraction of sp³-hybridized carbons (Fsp3) is 0.308. The van der Waals surface area contributed by atoms with Crippen molar-refractivity contribution in [2.75, 3.05) is 0 Å². The molecule has 1 aliphatic rings. The molecule has 0 atom stereocenters. The number of nitrogens with one attached hydrogen (secondary N) is 1. The van der Waals surface area contributed by atoms with E-state index < -0.39 is 0 Å². The fourth-order valence-corrected chi connectivity index (χ4v) is 4.41. The highest BCUT2D eigenvalue weighted by atomic mass is 16.4. The average Bonchev–Trinajstić information content (AvgIpc) is 3.58. The first-order valence-corrected chi connectivity index (χ1v) is 11.2. The molecule has 1 amide bonds. The molecule has 32 heavy (non-hydrogen) atoms. The van der Waals surface area contributed by atoms with Crippen molar-refractivity contribution < 1.29 is 13.6 Å². The van der Waals surface area contributed by atoms with Crippen molar-refractivity contribution >= 4 is 5.91 Å². The van der Waals surface area contributed by atoms with Crippen molar-refractivity contribution in [1.82, 2.24) is 14.9 Å². The van der Waals surface area contributed by atoms with Crippen molar-refractivity contribution in [3.05, 3.63) is 77.7 Å². The van der Waals surface area contributed by atoms with Gasteiger partial charge in [-0.1, -0.05) is 42.7 Å². The summed E-state index contributed by atoms with van der Waals surface area (Å²) in [5, 5.41) is 2.86. The van der Waals surface area contributed by atoms with Crippen LogP contribution in [0.25, 0.3) is 22.7 Å². The molecule has 1 N–H and O–H groups in total. The molecule has 1 aliphatic carbocycles. The van der Waals surface area contributed by atoms with Gasteiger partial charge in [0.2, 0.25) is 0 Å². The molecule has 1 aromatic carbocycles. The first-order chi connectivity index (χ1) is 15.6. The molecule has 4 aromatic rings. The van der Waals surface area contributed by atoms with Gasteiger partial charge in [0, 0.05) is 11.6 Å². The zero-order valence-electron chi connectivity index (χ0n) is 18.4. The number of carbonyl (C=O) groups excluding carboxylic acids is 1. The molecule has 6 nitrogen and oxygen atoms in total. The molecule has 5 rings (SSSR count). The van der Waals surface area contributed by atoms with Crippen LogP contribution in [0.2, 0.25) is 0 Å².